The second-order valence-corrected chi connectivity index (χ2v) is 6.33. The minimum atomic E-state index is 1.17. The van der Waals surface area contributed by atoms with Gasteiger partial charge in [-0.15, -0.1) is 4.68 Å². The third-order valence-corrected chi connectivity index (χ3v) is 4.37. The molecule has 0 spiro atoms. The molecule has 2 nitrogen and oxygen atoms in total. The molecule has 0 fully saturated rings. The summed E-state index contributed by atoms with van der Waals surface area (Å²) < 4.78 is 2.48. The highest BCUT2D eigenvalue weighted by atomic mass is 15.3. The van der Waals surface area contributed by atoms with Gasteiger partial charge in [-0.1, -0.05) is 53.4 Å². The molecule has 1 N–H and O–H groups in total. The molecule has 1 heterocycles. The molecule has 1 aromatic rings. The predicted molar refractivity (Wildman–Crippen MR) is 91.7 cm³/mol. The quantitative estimate of drug-likeness (QED) is 0.515. The van der Waals surface area contributed by atoms with Crippen LogP contribution in [0.2, 0.25) is 0 Å². The average Bonchev–Trinajstić information content (AvgIpc) is 2.83. The highest BCUT2D eigenvalue weighted by Gasteiger charge is 2.23. The minimum absolute atomic E-state index is 1.17. The first kappa shape index (κ1) is 18.3. The van der Waals surface area contributed by atoms with Gasteiger partial charge in [0.2, 0.25) is 5.69 Å². The highest BCUT2D eigenvalue weighted by molar-refractivity contribution is 5.23. The lowest BCUT2D eigenvalue weighted by Gasteiger charge is -2.02. The van der Waals surface area contributed by atoms with Crippen molar-refractivity contribution >= 4 is 0 Å². The van der Waals surface area contributed by atoms with Gasteiger partial charge in [0.25, 0.3) is 0 Å². The van der Waals surface area contributed by atoms with E-state index in [2.05, 4.69) is 37.5 Å². The molecule has 0 radical (unpaired) electrons. The third kappa shape index (κ3) is 5.84. The number of hydrogen-bond donors (Lipinski definition) is 1. The largest absolute Gasteiger partial charge is 0.211 e. The van der Waals surface area contributed by atoms with Crippen molar-refractivity contribution in [1.82, 2.24) is 5.10 Å². The second-order valence-electron chi connectivity index (χ2n) is 6.33. The molecule has 0 saturated carbocycles. The first-order valence-electron chi connectivity index (χ1n) is 9.40. The zero-order chi connectivity index (χ0) is 15.5. The molecule has 1 aromatic heterocycles. The van der Waals surface area contributed by atoms with Crippen LogP contribution in [0.25, 0.3) is 0 Å². The molecule has 0 aliphatic rings. The summed E-state index contributed by atoms with van der Waals surface area (Å²) in [5.41, 5.74) is 4.81. The van der Waals surface area contributed by atoms with Gasteiger partial charge in [-0.3, -0.25) is 0 Å². The van der Waals surface area contributed by atoms with Crippen LogP contribution in [0, 0.1) is 0 Å². The number of rotatable bonds is 12. The Hall–Kier alpha value is -0.790. The van der Waals surface area contributed by atoms with E-state index in [9.17, 15) is 0 Å². The van der Waals surface area contributed by atoms with Gasteiger partial charge in [0.05, 0.1) is 5.69 Å². The lowest BCUT2D eigenvalue weighted by molar-refractivity contribution is -0.757. The average molecular weight is 294 g/mol. The van der Waals surface area contributed by atoms with Crippen molar-refractivity contribution in [2.45, 2.75) is 105 Å². The van der Waals surface area contributed by atoms with Gasteiger partial charge in [0.15, 0.2) is 6.54 Å². The van der Waals surface area contributed by atoms with E-state index in [1.165, 1.54) is 82.9 Å². The fourth-order valence-corrected chi connectivity index (χ4v) is 2.98. The Labute approximate surface area is 132 Å². The van der Waals surface area contributed by atoms with Gasteiger partial charge in [-0.2, -0.15) is 5.10 Å². The number of nitrogens with zero attached hydrogens (tertiary/aromatic N) is 1. The fourth-order valence-electron chi connectivity index (χ4n) is 2.98. The molecule has 0 aliphatic carbocycles. The van der Waals surface area contributed by atoms with Crippen LogP contribution in [0.3, 0.4) is 0 Å². The standard InChI is InChI=1S/C19H36N2/c1-5-9-13-17-18(14-10-6-2)20-21(16-12-8-4)19(17)15-11-7-3/h5-16H2,1-4H3/p+1. The Morgan fingerprint density at radius 2 is 1.29 bits per heavy atom. The smallest absolute Gasteiger partial charge is 0.169 e. The van der Waals surface area contributed by atoms with Crippen molar-refractivity contribution in [2.24, 2.45) is 0 Å². The van der Waals surface area contributed by atoms with Crippen LogP contribution in [-0.4, -0.2) is 5.10 Å². The van der Waals surface area contributed by atoms with Crippen LogP contribution < -0.4 is 4.68 Å². The van der Waals surface area contributed by atoms with E-state index in [0.717, 1.165) is 0 Å². The molecule has 0 aromatic carbocycles. The predicted octanol–water partition coefficient (Wildman–Crippen LogP) is 5.13. The summed E-state index contributed by atoms with van der Waals surface area (Å²) in [7, 11) is 0. The summed E-state index contributed by atoms with van der Waals surface area (Å²) in [6.45, 7) is 10.3. The molecular weight excluding hydrogens is 256 g/mol. The topological polar surface area (TPSA) is 19.7 Å². The SMILES string of the molecule is CCCCc1[nH][n+](CCCC)c(CCCC)c1CCCC. The van der Waals surface area contributed by atoms with Gasteiger partial charge in [-0.25, -0.2) is 0 Å². The number of aryl methyl sites for hydroxylation is 2. The molecular formula is C19H37N2+. The van der Waals surface area contributed by atoms with Crippen molar-refractivity contribution < 1.29 is 4.68 Å². The number of H-pyrrole nitrogens is 1. The first-order valence-corrected chi connectivity index (χ1v) is 9.40. The summed E-state index contributed by atoms with van der Waals surface area (Å²) in [5.74, 6) is 0. The molecule has 122 valence electrons. The molecule has 0 bridgehead atoms. The van der Waals surface area contributed by atoms with E-state index < -0.39 is 0 Å². The van der Waals surface area contributed by atoms with Crippen molar-refractivity contribution in [3.05, 3.63) is 17.0 Å². The number of hydrogen-bond acceptors (Lipinski definition) is 0. The number of aromatic amines is 1. The monoisotopic (exact) mass is 293 g/mol. The summed E-state index contributed by atoms with van der Waals surface area (Å²) in [4.78, 5) is 0. The van der Waals surface area contributed by atoms with Gasteiger partial charge < -0.3 is 0 Å². The van der Waals surface area contributed by atoms with Gasteiger partial charge in [-0.05, 0) is 32.1 Å². The number of nitrogens with one attached hydrogen (secondary N) is 1. The summed E-state index contributed by atoms with van der Waals surface area (Å²) in [5, 5.41) is 3.75. The van der Waals surface area contributed by atoms with Gasteiger partial charge in [0.1, 0.15) is 0 Å². The molecule has 2 heteroatoms. The van der Waals surface area contributed by atoms with E-state index in [1.807, 2.05) is 0 Å². The van der Waals surface area contributed by atoms with Gasteiger partial charge >= 0.3 is 0 Å². The fraction of sp³-hybridized carbons (Fsp3) is 0.842. The van der Waals surface area contributed by atoms with E-state index in [-0.39, 0.29) is 0 Å². The first-order chi connectivity index (χ1) is 10.3. The molecule has 0 aliphatic heterocycles. The zero-order valence-electron chi connectivity index (χ0n) is 14.9. The van der Waals surface area contributed by atoms with E-state index >= 15 is 0 Å². The molecule has 0 atom stereocenters. The van der Waals surface area contributed by atoms with Crippen LogP contribution in [0.15, 0.2) is 0 Å². The summed E-state index contributed by atoms with van der Waals surface area (Å²) in [6, 6.07) is 0. The molecule has 1 rings (SSSR count). The van der Waals surface area contributed by atoms with Crippen LogP contribution in [0.1, 0.15) is 96.0 Å². The minimum Gasteiger partial charge on any atom is -0.169 e. The van der Waals surface area contributed by atoms with Crippen LogP contribution in [-0.2, 0) is 25.8 Å². The third-order valence-electron chi connectivity index (χ3n) is 4.37. The summed E-state index contributed by atoms with van der Waals surface area (Å²) >= 11 is 0. The van der Waals surface area contributed by atoms with Crippen molar-refractivity contribution in [3.8, 4) is 0 Å². The summed E-state index contributed by atoms with van der Waals surface area (Å²) in [6.07, 6.45) is 14.1. The molecule has 0 unspecified atom stereocenters. The Balaban J connectivity index is 2.99. The van der Waals surface area contributed by atoms with Crippen molar-refractivity contribution in [1.29, 1.82) is 0 Å². The van der Waals surface area contributed by atoms with Crippen LogP contribution in [0.4, 0.5) is 0 Å². The van der Waals surface area contributed by atoms with Crippen molar-refractivity contribution in [2.75, 3.05) is 0 Å². The number of unbranched alkanes of at least 4 members (excludes halogenated alkanes) is 4. The lowest BCUT2D eigenvalue weighted by atomic mass is 10.00. The van der Waals surface area contributed by atoms with Crippen LogP contribution >= 0.6 is 0 Å². The Kier molecular flexibility index (Phi) is 9.45. The highest BCUT2D eigenvalue weighted by Crippen LogP contribution is 2.18. The molecule has 21 heavy (non-hydrogen) atoms. The van der Waals surface area contributed by atoms with E-state index in [0.29, 0.717) is 0 Å². The number of aromatic nitrogens is 2. The maximum Gasteiger partial charge on any atom is 0.211 e. The Bertz CT molecular complexity index is 345. The zero-order valence-corrected chi connectivity index (χ0v) is 14.9. The Morgan fingerprint density at radius 1 is 0.714 bits per heavy atom. The molecule has 0 saturated heterocycles. The molecule has 0 amide bonds. The second kappa shape index (κ2) is 10.9. The Morgan fingerprint density at radius 3 is 1.90 bits per heavy atom. The normalized spacial score (nSPS) is 11.2. The lowest BCUT2D eigenvalue weighted by Crippen LogP contribution is -2.40. The van der Waals surface area contributed by atoms with Crippen molar-refractivity contribution in [3.63, 3.8) is 0 Å². The van der Waals surface area contributed by atoms with E-state index in [4.69, 9.17) is 0 Å². The van der Waals surface area contributed by atoms with E-state index in [1.54, 1.807) is 11.3 Å². The maximum atomic E-state index is 3.75. The maximum absolute atomic E-state index is 3.75. The van der Waals surface area contributed by atoms with Gasteiger partial charge in [0, 0.05) is 18.4 Å². The van der Waals surface area contributed by atoms with Crippen LogP contribution in [0.5, 0.6) is 0 Å².